The molecule has 0 aliphatic heterocycles. The quantitative estimate of drug-likeness (QED) is 0.838. The molecule has 2 heterocycles. The zero-order valence-electron chi connectivity index (χ0n) is 10.6. The number of nitrogens with zero attached hydrogens (tertiary/aromatic N) is 3. The summed E-state index contributed by atoms with van der Waals surface area (Å²) in [4.78, 5) is 8.45. The van der Waals surface area contributed by atoms with Crippen LogP contribution >= 0.6 is 0 Å². The first-order valence-electron chi connectivity index (χ1n) is 6.86. The molecule has 0 saturated heterocycles. The van der Waals surface area contributed by atoms with Gasteiger partial charge in [0.1, 0.15) is 0 Å². The van der Waals surface area contributed by atoms with E-state index >= 15 is 0 Å². The van der Waals surface area contributed by atoms with Crippen LogP contribution in [0.5, 0.6) is 0 Å². The smallest absolute Gasteiger partial charge is 0.250 e. The summed E-state index contributed by atoms with van der Waals surface area (Å²) in [5, 5.41) is 4.04. The van der Waals surface area contributed by atoms with Crippen molar-refractivity contribution < 1.29 is 4.52 Å². The fourth-order valence-electron chi connectivity index (χ4n) is 2.46. The highest BCUT2D eigenvalue weighted by Gasteiger charge is 2.36. The Morgan fingerprint density at radius 2 is 1.79 bits per heavy atom. The van der Waals surface area contributed by atoms with Crippen molar-refractivity contribution >= 4 is 6.08 Å². The maximum atomic E-state index is 5.35. The first-order valence-corrected chi connectivity index (χ1v) is 6.86. The molecule has 0 N–H and O–H groups in total. The zero-order valence-corrected chi connectivity index (χ0v) is 10.6. The molecule has 2 aromatic rings. The van der Waals surface area contributed by atoms with E-state index in [-0.39, 0.29) is 0 Å². The third-order valence-corrected chi connectivity index (χ3v) is 3.77. The number of aromatic nitrogens is 3. The number of hydrogen-bond donors (Lipinski definition) is 0. The van der Waals surface area contributed by atoms with Gasteiger partial charge in [0, 0.05) is 24.0 Å². The number of rotatable bonds is 4. The third kappa shape index (κ3) is 2.30. The summed E-state index contributed by atoms with van der Waals surface area (Å²) < 4.78 is 5.35. The fraction of sp³-hybridized carbons (Fsp3) is 0.400. The largest absolute Gasteiger partial charge is 0.334 e. The van der Waals surface area contributed by atoms with Gasteiger partial charge in [0.2, 0.25) is 5.82 Å². The highest BCUT2D eigenvalue weighted by Crippen LogP contribution is 2.49. The summed E-state index contributed by atoms with van der Waals surface area (Å²) in [5.74, 6) is 2.84. The molecule has 2 fully saturated rings. The molecule has 2 aromatic heterocycles. The molecule has 0 unspecified atom stereocenters. The second-order valence-corrected chi connectivity index (χ2v) is 5.38. The molecule has 0 amide bonds. The summed E-state index contributed by atoms with van der Waals surface area (Å²) >= 11 is 0. The molecule has 0 radical (unpaired) electrons. The highest BCUT2D eigenvalue weighted by atomic mass is 16.5. The first kappa shape index (κ1) is 10.9. The first-order chi connectivity index (χ1) is 9.40. The normalized spacial score (nSPS) is 18.3. The van der Waals surface area contributed by atoms with Crippen LogP contribution in [0.4, 0.5) is 0 Å². The van der Waals surface area contributed by atoms with Crippen LogP contribution in [0, 0.1) is 11.8 Å². The Hall–Kier alpha value is -1.97. The molecule has 2 aliphatic carbocycles. The topological polar surface area (TPSA) is 51.8 Å². The zero-order chi connectivity index (χ0) is 12.7. The van der Waals surface area contributed by atoms with Gasteiger partial charge in [-0.3, -0.25) is 4.98 Å². The molecule has 4 nitrogen and oxygen atoms in total. The summed E-state index contributed by atoms with van der Waals surface area (Å²) in [6, 6.07) is 3.78. The van der Waals surface area contributed by atoms with Gasteiger partial charge in [-0.15, -0.1) is 0 Å². The van der Waals surface area contributed by atoms with E-state index in [2.05, 4.69) is 21.2 Å². The average Bonchev–Trinajstić information content (AvgIpc) is 3.37. The van der Waals surface area contributed by atoms with Crippen molar-refractivity contribution in [3.05, 3.63) is 36.0 Å². The molecule has 0 bridgehead atoms. The Morgan fingerprint density at radius 3 is 2.42 bits per heavy atom. The minimum atomic E-state index is 0.639. The summed E-state index contributed by atoms with van der Waals surface area (Å²) in [5.41, 5.74) is 2.47. The van der Waals surface area contributed by atoms with E-state index in [0.29, 0.717) is 11.7 Å². The molecule has 4 heteroatoms. The Morgan fingerprint density at radius 1 is 1.11 bits per heavy atom. The second kappa shape index (κ2) is 4.30. The minimum Gasteiger partial charge on any atom is -0.334 e. The average molecular weight is 253 g/mol. The van der Waals surface area contributed by atoms with Crippen LogP contribution in [0.3, 0.4) is 0 Å². The van der Waals surface area contributed by atoms with Crippen molar-refractivity contribution in [3.63, 3.8) is 0 Å². The molecule has 0 atom stereocenters. The molecule has 96 valence electrons. The van der Waals surface area contributed by atoms with Gasteiger partial charge in [-0.1, -0.05) is 10.7 Å². The Kier molecular flexibility index (Phi) is 2.47. The van der Waals surface area contributed by atoms with Crippen LogP contribution in [-0.4, -0.2) is 15.1 Å². The van der Waals surface area contributed by atoms with E-state index in [0.717, 1.165) is 17.4 Å². The lowest BCUT2D eigenvalue weighted by molar-refractivity contribution is 0.410. The SMILES string of the molecule is C(=C(C1CC1)C1CC1)c1nc(-c2ccncc2)no1. The van der Waals surface area contributed by atoms with E-state index in [1.165, 1.54) is 31.3 Å². The van der Waals surface area contributed by atoms with Crippen molar-refractivity contribution in [1.29, 1.82) is 0 Å². The van der Waals surface area contributed by atoms with Crippen molar-refractivity contribution in [2.45, 2.75) is 25.7 Å². The van der Waals surface area contributed by atoms with Crippen molar-refractivity contribution in [2.75, 3.05) is 0 Å². The van der Waals surface area contributed by atoms with Crippen LogP contribution in [0.2, 0.25) is 0 Å². The van der Waals surface area contributed by atoms with Gasteiger partial charge in [-0.25, -0.2) is 0 Å². The van der Waals surface area contributed by atoms with Gasteiger partial charge in [0.25, 0.3) is 5.89 Å². The van der Waals surface area contributed by atoms with E-state index in [1.54, 1.807) is 12.4 Å². The standard InChI is InChI=1S/C15H15N3O/c1-2-10(1)13(11-3-4-11)9-14-17-15(18-19-14)12-5-7-16-8-6-12/h5-11H,1-4H2. The third-order valence-electron chi connectivity index (χ3n) is 3.77. The summed E-state index contributed by atoms with van der Waals surface area (Å²) in [6.07, 6.45) is 10.9. The van der Waals surface area contributed by atoms with Crippen LogP contribution in [0.15, 0.2) is 34.6 Å². The fourth-order valence-corrected chi connectivity index (χ4v) is 2.46. The van der Waals surface area contributed by atoms with Gasteiger partial charge >= 0.3 is 0 Å². The lowest BCUT2D eigenvalue weighted by Crippen LogP contribution is -1.89. The van der Waals surface area contributed by atoms with Gasteiger partial charge in [0.05, 0.1) is 0 Å². The molecular formula is C15H15N3O. The Balaban J connectivity index is 1.62. The second-order valence-electron chi connectivity index (χ2n) is 5.38. The Labute approximate surface area is 111 Å². The van der Waals surface area contributed by atoms with Gasteiger partial charge in [-0.05, 0) is 49.7 Å². The maximum Gasteiger partial charge on any atom is 0.250 e. The number of pyridine rings is 1. The predicted octanol–water partition coefficient (Wildman–Crippen LogP) is 3.34. The summed E-state index contributed by atoms with van der Waals surface area (Å²) in [6.45, 7) is 0. The molecule has 19 heavy (non-hydrogen) atoms. The van der Waals surface area contributed by atoms with Crippen molar-refractivity contribution in [1.82, 2.24) is 15.1 Å². The van der Waals surface area contributed by atoms with Gasteiger partial charge < -0.3 is 4.52 Å². The molecule has 2 aliphatic rings. The van der Waals surface area contributed by atoms with E-state index in [1.807, 2.05) is 12.1 Å². The highest BCUT2D eigenvalue weighted by molar-refractivity contribution is 5.56. The van der Waals surface area contributed by atoms with Crippen molar-refractivity contribution in [2.24, 2.45) is 11.8 Å². The number of hydrogen-bond acceptors (Lipinski definition) is 4. The van der Waals surface area contributed by atoms with Crippen LogP contribution < -0.4 is 0 Å². The van der Waals surface area contributed by atoms with Gasteiger partial charge in [-0.2, -0.15) is 4.98 Å². The molecule has 0 aromatic carbocycles. The monoisotopic (exact) mass is 253 g/mol. The summed E-state index contributed by atoms with van der Waals surface area (Å²) in [7, 11) is 0. The minimum absolute atomic E-state index is 0.639. The van der Waals surface area contributed by atoms with E-state index < -0.39 is 0 Å². The van der Waals surface area contributed by atoms with E-state index in [4.69, 9.17) is 4.52 Å². The lowest BCUT2D eigenvalue weighted by Gasteiger charge is -2.00. The number of allylic oxidation sites excluding steroid dienone is 1. The molecular weight excluding hydrogens is 238 g/mol. The van der Waals surface area contributed by atoms with Gasteiger partial charge in [0.15, 0.2) is 0 Å². The molecule has 4 rings (SSSR count). The maximum absolute atomic E-state index is 5.35. The van der Waals surface area contributed by atoms with Crippen molar-refractivity contribution in [3.8, 4) is 11.4 Å². The van der Waals surface area contributed by atoms with Crippen LogP contribution in [-0.2, 0) is 0 Å². The van der Waals surface area contributed by atoms with E-state index in [9.17, 15) is 0 Å². The molecule has 0 spiro atoms. The predicted molar refractivity (Wildman–Crippen MR) is 71.0 cm³/mol. The van der Waals surface area contributed by atoms with Crippen LogP contribution in [0.1, 0.15) is 31.6 Å². The van der Waals surface area contributed by atoms with Crippen LogP contribution in [0.25, 0.3) is 17.5 Å². The molecule has 2 saturated carbocycles. The Bertz CT molecular complexity index is 595. The lowest BCUT2D eigenvalue weighted by atomic mass is 10.1.